The van der Waals surface area contributed by atoms with E-state index in [1.54, 1.807) is 0 Å². The normalized spacial score (nSPS) is 14.9. The zero-order chi connectivity index (χ0) is 14.7. The Hall–Kier alpha value is -1.32. The predicted molar refractivity (Wildman–Crippen MR) is 84.9 cm³/mol. The van der Waals surface area contributed by atoms with Gasteiger partial charge in [0.2, 0.25) is 0 Å². The van der Waals surface area contributed by atoms with Crippen LogP contribution in [0.15, 0.2) is 28.7 Å². The summed E-state index contributed by atoms with van der Waals surface area (Å²) < 4.78 is 5.89. The molecule has 1 aromatic carbocycles. The van der Waals surface area contributed by atoms with Gasteiger partial charge in [0.1, 0.15) is 11.3 Å². The minimum Gasteiger partial charge on any atom is -0.461 e. The van der Waals surface area contributed by atoms with Gasteiger partial charge in [-0.1, -0.05) is 31.5 Å². The molecule has 3 nitrogen and oxygen atoms in total. The Morgan fingerprint density at radius 1 is 1.30 bits per heavy atom. The minimum absolute atomic E-state index is 0.209. The molecule has 0 fully saturated rings. The molecule has 0 saturated heterocycles. The van der Waals surface area contributed by atoms with Crippen molar-refractivity contribution >= 4 is 11.0 Å². The molecule has 0 amide bonds. The molecule has 0 aliphatic carbocycles. The van der Waals surface area contributed by atoms with Gasteiger partial charge in [0, 0.05) is 23.5 Å². The molecule has 2 N–H and O–H groups in total. The van der Waals surface area contributed by atoms with E-state index in [0.29, 0.717) is 12.6 Å². The Bertz CT molecular complexity index is 561. The summed E-state index contributed by atoms with van der Waals surface area (Å²) in [5, 5.41) is 1.19. The molecule has 2 rings (SSSR count). The Labute approximate surface area is 121 Å². The van der Waals surface area contributed by atoms with Gasteiger partial charge < -0.3 is 10.2 Å². The van der Waals surface area contributed by atoms with Crippen molar-refractivity contribution in [1.29, 1.82) is 0 Å². The standard InChI is InChI=1S/C17H26N2O/c1-5-8-12(2)19(4)15(11-18)17-13(3)20-16-10-7-6-9-14(16)17/h6-7,9-10,12,15H,5,8,11,18H2,1-4H3. The molecule has 0 saturated carbocycles. The fraction of sp³-hybridized carbons (Fsp3) is 0.529. The monoisotopic (exact) mass is 274 g/mol. The molecule has 1 heterocycles. The van der Waals surface area contributed by atoms with E-state index < -0.39 is 0 Å². The molecular formula is C17H26N2O. The van der Waals surface area contributed by atoms with Crippen LogP contribution >= 0.6 is 0 Å². The van der Waals surface area contributed by atoms with Gasteiger partial charge in [-0.15, -0.1) is 0 Å². The van der Waals surface area contributed by atoms with Gasteiger partial charge in [0.15, 0.2) is 0 Å². The predicted octanol–water partition coefficient (Wildman–Crippen LogP) is 3.86. The van der Waals surface area contributed by atoms with Crippen molar-refractivity contribution in [2.24, 2.45) is 5.73 Å². The molecule has 3 heteroatoms. The van der Waals surface area contributed by atoms with Crippen molar-refractivity contribution in [2.75, 3.05) is 13.6 Å². The highest BCUT2D eigenvalue weighted by molar-refractivity contribution is 5.82. The van der Waals surface area contributed by atoms with E-state index in [0.717, 1.165) is 11.3 Å². The fourth-order valence-electron chi connectivity index (χ4n) is 3.02. The highest BCUT2D eigenvalue weighted by Gasteiger charge is 2.25. The number of benzene rings is 1. The SMILES string of the molecule is CCCC(C)N(C)C(CN)c1c(C)oc2ccccc12. The Morgan fingerprint density at radius 3 is 2.65 bits per heavy atom. The first kappa shape index (κ1) is 15.1. The second-order valence-corrected chi connectivity index (χ2v) is 5.62. The van der Waals surface area contributed by atoms with E-state index >= 15 is 0 Å². The number of fused-ring (bicyclic) bond motifs is 1. The summed E-state index contributed by atoms with van der Waals surface area (Å²) >= 11 is 0. The lowest BCUT2D eigenvalue weighted by molar-refractivity contribution is 0.179. The third-order valence-electron chi connectivity index (χ3n) is 4.27. The Balaban J connectivity index is 2.41. The zero-order valence-electron chi connectivity index (χ0n) is 13.0. The van der Waals surface area contributed by atoms with Crippen molar-refractivity contribution in [1.82, 2.24) is 4.90 Å². The van der Waals surface area contributed by atoms with E-state index in [-0.39, 0.29) is 6.04 Å². The summed E-state index contributed by atoms with van der Waals surface area (Å²) in [4.78, 5) is 2.38. The number of rotatable bonds is 6. The van der Waals surface area contributed by atoms with E-state index in [4.69, 9.17) is 10.2 Å². The van der Waals surface area contributed by atoms with Crippen LogP contribution in [0.1, 0.15) is 44.1 Å². The summed E-state index contributed by atoms with van der Waals surface area (Å²) in [5.74, 6) is 0.984. The largest absolute Gasteiger partial charge is 0.461 e. The van der Waals surface area contributed by atoms with Gasteiger partial charge in [-0.3, -0.25) is 4.90 Å². The van der Waals surface area contributed by atoms with E-state index in [1.807, 2.05) is 19.1 Å². The van der Waals surface area contributed by atoms with Crippen LogP contribution in [0.25, 0.3) is 11.0 Å². The van der Waals surface area contributed by atoms with Crippen LogP contribution in [0.5, 0.6) is 0 Å². The average Bonchev–Trinajstić information content (AvgIpc) is 2.77. The number of likely N-dealkylation sites (N-methyl/N-ethyl adjacent to an activating group) is 1. The first-order valence-corrected chi connectivity index (χ1v) is 7.50. The molecule has 1 aromatic heterocycles. The van der Waals surface area contributed by atoms with E-state index in [1.165, 1.54) is 23.8 Å². The molecular weight excluding hydrogens is 248 g/mol. The lowest BCUT2D eigenvalue weighted by atomic mass is 9.99. The molecule has 2 atom stereocenters. The lowest BCUT2D eigenvalue weighted by Crippen LogP contribution is -2.37. The fourth-order valence-corrected chi connectivity index (χ4v) is 3.02. The maximum absolute atomic E-state index is 6.08. The van der Waals surface area contributed by atoms with Crippen molar-refractivity contribution < 1.29 is 4.42 Å². The molecule has 2 unspecified atom stereocenters. The molecule has 0 spiro atoms. The van der Waals surface area contributed by atoms with Gasteiger partial charge in [-0.25, -0.2) is 0 Å². The maximum atomic E-state index is 6.08. The summed E-state index contributed by atoms with van der Waals surface area (Å²) in [6.07, 6.45) is 2.37. The minimum atomic E-state index is 0.209. The van der Waals surface area contributed by atoms with Crippen LogP contribution in [-0.4, -0.2) is 24.5 Å². The van der Waals surface area contributed by atoms with Gasteiger partial charge in [0.25, 0.3) is 0 Å². The topological polar surface area (TPSA) is 42.4 Å². The molecule has 110 valence electrons. The second-order valence-electron chi connectivity index (χ2n) is 5.62. The quantitative estimate of drug-likeness (QED) is 0.869. The summed E-state index contributed by atoms with van der Waals surface area (Å²) in [6.45, 7) is 7.13. The zero-order valence-corrected chi connectivity index (χ0v) is 13.0. The number of hydrogen-bond acceptors (Lipinski definition) is 3. The maximum Gasteiger partial charge on any atom is 0.134 e. The molecule has 0 bridgehead atoms. The first-order chi connectivity index (χ1) is 9.60. The molecule has 2 aromatic rings. The van der Waals surface area contributed by atoms with Gasteiger partial charge in [-0.2, -0.15) is 0 Å². The number of nitrogens with zero attached hydrogens (tertiary/aromatic N) is 1. The summed E-state index contributed by atoms with van der Waals surface area (Å²) in [7, 11) is 2.17. The van der Waals surface area contributed by atoms with Crippen LogP contribution in [0.3, 0.4) is 0 Å². The smallest absolute Gasteiger partial charge is 0.134 e. The van der Waals surface area contributed by atoms with Gasteiger partial charge in [0.05, 0.1) is 6.04 Å². The number of para-hydroxylation sites is 1. The number of hydrogen-bond donors (Lipinski definition) is 1. The Morgan fingerprint density at radius 2 is 2.00 bits per heavy atom. The molecule has 0 aliphatic heterocycles. The van der Waals surface area contributed by atoms with Crippen molar-refractivity contribution in [3.63, 3.8) is 0 Å². The highest BCUT2D eigenvalue weighted by Crippen LogP contribution is 2.33. The van der Waals surface area contributed by atoms with Crippen LogP contribution in [0.2, 0.25) is 0 Å². The highest BCUT2D eigenvalue weighted by atomic mass is 16.3. The molecule has 0 aliphatic rings. The third-order valence-corrected chi connectivity index (χ3v) is 4.27. The van der Waals surface area contributed by atoms with Crippen LogP contribution < -0.4 is 5.73 Å². The molecule has 0 radical (unpaired) electrons. The lowest BCUT2D eigenvalue weighted by Gasteiger charge is -2.32. The number of furan rings is 1. The molecule has 20 heavy (non-hydrogen) atoms. The third kappa shape index (κ3) is 2.74. The van der Waals surface area contributed by atoms with Gasteiger partial charge >= 0.3 is 0 Å². The average molecular weight is 274 g/mol. The van der Waals surface area contributed by atoms with Crippen molar-refractivity contribution in [2.45, 2.75) is 45.7 Å². The van der Waals surface area contributed by atoms with Crippen molar-refractivity contribution in [3.05, 3.63) is 35.6 Å². The Kier molecular flexibility index (Phi) is 4.84. The number of nitrogens with two attached hydrogens (primary N) is 1. The summed E-state index contributed by atoms with van der Waals surface area (Å²) in [6, 6.07) is 8.94. The van der Waals surface area contributed by atoms with Crippen LogP contribution in [0.4, 0.5) is 0 Å². The number of aryl methyl sites for hydroxylation is 1. The van der Waals surface area contributed by atoms with E-state index in [2.05, 4.69) is 37.9 Å². The summed E-state index contributed by atoms with van der Waals surface area (Å²) in [5.41, 5.74) is 8.27. The first-order valence-electron chi connectivity index (χ1n) is 7.50. The van der Waals surface area contributed by atoms with Gasteiger partial charge in [-0.05, 0) is 33.4 Å². The van der Waals surface area contributed by atoms with E-state index in [9.17, 15) is 0 Å². The van der Waals surface area contributed by atoms with Crippen LogP contribution in [-0.2, 0) is 0 Å². The van der Waals surface area contributed by atoms with Crippen molar-refractivity contribution in [3.8, 4) is 0 Å². The second kappa shape index (κ2) is 6.42. The van der Waals surface area contributed by atoms with Crippen LogP contribution in [0, 0.1) is 6.92 Å².